The van der Waals surface area contributed by atoms with Gasteiger partial charge in [0.25, 0.3) is 0 Å². The number of halogens is 1. The van der Waals surface area contributed by atoms with E-state index >= 15 is 0 Å². The van der Waals surface area contributed by atoms with Gasteiger partial charge in [-0.3, -0.25) is 4.55 Å². The quantitative estimate of drug-likeness (QED) is 0.523. The lowest BCUT2D eigenvalue weighted by Crippen LogP contribution is -2.49. The highest BCUT2D eigenvalue weighted by atomic mass is 35.5. The molecular weight excluding hydrogens is 442 g/mol. The molecule has 0 amide bonds. The van der Waals surface area contributed by atoms with Gasteiger partial charge in [-0.05, 0) is 23.8 Å². The van der Waals surface area contributed by atoms with Gasteiger partial charge in [-0.2, -0.15) is 4.21 Å². The second-order valence-electron chi connectivity index (χ2n) is 7.32. The van der Waals surface area contributed by atoms with Gasteiger partial charge in [-0.15, -0.1) is 9.53 Å². The Hall–Kier alpha value is -3.01. The van der Waals surface area contributed by atoms with E-state index in [1.54, 1.807) is 18.2 Å². The number of hydrogen-bond acceptors (Lipinski definition) is 5. The number of benzene rings is 2. The average Bonchev–Trinajstić information content (AvgIpc) is 2.70. The third-order valence-corrected chi connectivity index (χ3v) is 6.05. The van der Waals surface area contributed by atoms with Crippen molar-refractivity contribution in [2.45, 2.75) is 6.54 Å². The van der Waals surface area contributed by atoms with Crippen LogP contribution in [-0.2, 0) is 20.9 Å². The summed E-state index contributed by atoms with van der Waals surface area (Å²) in [4.78, 5) is 19.4. The van der Waals surface area contributed by atoms with Crippen molar-refractivity contribution < 1.29 is 23.4 Å². The van der Waals surface area contributed by atoms with Gasteiger partial charge in [0.2, 0.25) is 5.95 Å². The van der Waals surface area contributed by atoms with Crippen LogP contribution in [0.2, 0.25) is 5.02 Å². The van der Waals surface area contributed by atoms with Crippen molar-refractivity contribution in [3.05, 3.63) is 71.5 Å². The molecule has 0 saturated heterocycles. The molecule has 31 heavy (non-hydrogen) atoms. The zero-order valence-corrected chi connectivity index (χ0v) is 18.5. The Morgan fingerprint density at radius 3 is 2.35 bits per heavy atom. The van der Waals surface area contributed by atoms with Gasteiger partial charge in [0.1, 0.15) is 5.75 Å². The maximum absolute atomic E-state index is 13.0. The van der Waals surface area contributed by atoms with Crippen LogP contribution >= 0.6 is 11.6 Å². The highest BCUT2D eigenvalue weighted by Gasteiger charge is 2.27. The molecular formula is C21H22ClN3O5S. The standard InChI is InChI=1S/C21H22ClN3O5S/c1-31(2,28,29)25(13-15-6-4-3-5-7-15)21-23-11-16(12-24-21)18-10-17(22)8-9-19(18)30-14-20(26)27/h3-12H,13-14H2,1-2H3,(H,26,27)(H,28,29). The van der Waals surface area contributed by atoms with Gasteiger partial charge in [0, 0.05) is 41.1 Å². The second-order valence-corrected chi connectivity index (χ2v) is 11.6. The van der Waals surface area contributed by atoms with E-state index in [0.29, 0.717) is 21.9 Å². The monoisotopic (exact) mass is 463 g/mol. The van der Waals surface area contributed by atoms with E-state index < -0.39 is 22.1 Å². The van der Waals surface area contributed by atoms with Crippen LogP contribution in [0.25, 0.3) is 11.1 Å². The first-order valence-electron chi connectivity index (χ1n) is 9.14. The second kappa shape index (κ2) is 8.62. The molecule has 0 saturated carbocycles. The minimum Gasteiger partial charge on any atom is -0.481 e. The van der Waals surface area contributed by atoms with E-state index in [-0.39, 0.29) is 12.5 Å². The van der Waals surface area contributed by atoms with Crippen molar-refractivity contribution in [2.75, 3.05) is 23.4 Å². The SMILES string of the molecule is CS(C)(=O)(O)N(Cc1ccccc1)c1ncc(-c2cc(Cl)ccc2OCC(=O)O)cn1. The zero-order chi connectivity index (χ0) is 22.7. The number of hydrogen-bond donors (Lipinski definition) is 2. The van der Waals surface area contributed by atoms with Crippen molar-refractivity contribution in [3.8, 4) is 16.9 Å². The molecule has 0 unspecified atom stereocenters. The summed E-state index contributed by atoms with van der Waals surface area (Å²) in [7, 11) is -4.21. The largest absolute Gasteiger partial charge is 0.481 e. The Kier molecular flexibility index (Phi) is 6.30. The number of nitrogens with zero attached hydrogens (tertiary/aromatic N) is 3. The molecule has 2 aromatic carbocycles. The molecule has 2 N–H and O–H groups in total. The van der Waals surface area contributed by atoms with Crippen LogP contribution in [0.4, 0.5) is 5.95 Å². The molecule has 1 aromatic heterocycles. The van der Waals surface area contributed by atoms with Gasteiger partial charge in [0.05, 0.1) is 6.54 Å². The fourth-order valence-corrected chi connectivity index (χ4v) is 4.07. The smallest absolute Gasteiger partial charge is 0.341 e. The molecule has 3 rings (SSSR count). The molecule has 164 valence electrons. The van der Waals surface area contributed by atoms with Gasteiger partial charge in [-0.1, -0.05) is 41.9 Å². The van der Waals surface area contributed by atoms with E-state index in [1.165, 1.54) is 29.2 Å². The number of rotatable bonds is 8. The van der Waals surface area contributed by atoms with Gasteiger partial charge in [-0.25, -0.2) is 19.1 Å². The Bertz CT molecular complexity index is 1140. The van der Waals surface area contributed by atoms with E-state index in [2.05, 4.69) is 9.97 Å². The lowest BCUT2D eigenvalue weighted by Gasteiger charge is -2.45. The zero-order valence-electron chi connectivity index (χ0n) is 16.9. The Morgan fingerprint density at radius 1 is 1.13 bits per heavy atom. The number of carbonyl (C=O) groups is 1. The molecule has 10 heteroatoms. The van der Waals surface area contributed by atoms with Crippen molar-refractivity contribution in [2.24, 2.45) is 0 Å². The van der Waals surface area contributed by atoms with Crippen molar-refractivity contribution in [1.29, 1.82) is 0 Å². The van der Waals surface area contributed by atoms with Crippen LogP contribution < -0.4 is 9.04 Å². The van der Waals surface area contributed by atoms with Crippen LogP contribution in [-0.4, -0.2) is 48.9 Å². The summed E-state index contributed by atoms with van der Waals surface area (Å²) >= 11 is 6.09. The third-order valence-electron chi connectivity index (χ3n) is 4.26. The summed E-state index contributed by atoms with van der Waals surface area (Å²) in [6.07, 6.45) is 5.43. The van der Waals surface area contributed by atoms with Gasteiger partial charge >= 0.3 is 5.97 Å². The summed E-state index contributed by atoms with van der Waals surface area (Å²) in [5.74, 6) is -0.731. The summed E-state index contributed by atoms with van der Waals surface area (Å²) in [6, 6.07) is 14.0. The molecule has 0 bridgehead atoms. The predicted octanol–water partition coefficient (Wildman–Crippen LogP) is 3.73. The molecule has 3 aromatic rings. The number of aliphatic carboxylic acids is 1. The first-order chi connectivity index (χ1) is 14.5. The summed E-state index contributed by atoms with van der Waals surface area (Å²) in [5.41, 5.74) is 1.84. The maximum atomic E-state index is 13.0. The van der Waals surface area contributed by atoms with E-state index in [9.17, 15) is 13.6 Å². The van der Waals surface area contributed by atoms with Crippen LogP contribution in [0.3, 0.4) is 0 Å². The maximum Gasteiger partial charge on any atom is 0.341 e. The molecule has 8 nitrogen and oxygen atoms in total. The molecule has 0 spiro atoms. The first-order valence-corrected chi connectivity index (χ1v) is 12.2. The molecule has 0 radical (unpaired) electrons. The first kappa shape index (κ1) is 22.7. The van der Waals surface area contributed by atoms with Crippen LogP contribution in [0.1, 0.15) is 5.56 Å². The highest BCUT2D eigenvalue weighted by molar-refractivity contribution is 8.15. The molecule has 1 heterocycles. The van der Waals surface area contributed by atoms with Crippen LogP contribution in [0, 0.1) is 0 Å². The van der Waals surface area contributed by atoms with E-state index in [0.717, 1.165) is 5.56 Å². The number of carboxylic acids is 1. The number of aromatic nitrogens is 2. The normalized spacial score (nSPS) is 12.6. The van der Waals surface area contributed by atoms with Crippen LogP contribution in [0.5, 0.6) is 5.75 Å². The predicted molar refractivity (Wildman–Crippen MR) is 121 cm³/mol. The van der Waals surface area contributed by atoms with Crippen LogP contribution in [0.15, 0.2) is 60.9 Å². The molecule has 0 aliphatic carbocycles. The minimum atomic E-state index is -4.21. The highest BCUT2D eigenvalue weighted by Crippen LogP contribution is 2.33. The number of anilines is 1. The summed E-state index contributed by atoms with van der Waals surface area (Å²) in [5, 5.41) is 9.30. The number of carboxylic acid groups (broad SMARTS) is 1. The lowest BCUT2D eigenvalue weighted by atomic mass is 10.1. The number of ether oxygens (including phenoxy) is 1. The summed E-state index contributed by atoms with van der Waals surface area (Å²) in [6.45, 7) is -0.377. The Morgan fingerprint density at radius 2 is 1.77 bits per heavy atom. The molecule has 0 aliphatic heterocycles. The van der Waals surface area contributed by atoms with Crippen molar-refractivity contribution in [1.82, 2.24) is 9.97 Å². The molecule has 0 aliphatic rings. The van der Waals surface area contributed by atoms with Crippen molar-refractivity contribution in [3.63, 3.8) is 0 Å². The van der Waals surface area contributed by atoms with Crippen molar-refractivity contribution >= 4 is 33.1 Å². The minimum absolute atomic E-state index is 0.0761. The van der Waals surface area contributed by atoms with E-state index in [1.807, 2.05) is 30.3 Å². The molecule has 0 fully saturated rings. The Labute approximate surface area is 184 Å². The average molecular weight is 464 g/mol. The van der Waals surface area contributed by atoms with Gasteiger partial charge < -0.3 is 9.84 Å². The van der Waals surface area contributed by atoms with Gasteiger partial charge in [0.15, 0.2) is 6.61 Å². The third kappa shape index (κ3) is 6.00. The Balaban J connectivity index is 1.96. The summed E-state index contributed by atoms with van der Waals surface area (Å²) < 4.78 is 30.2. The topological polar surface area (TPSA) is 113 Å². The lowest BCUT2D eigenvalue weighted by molar-refractivity contribution is -0.139. The fraction of sp³-hybridized carbons (Fsp3) is 0.190. The fourth-order valence-electron chi connectivity index (χ4n) is 2.82. The molecule has 0 atom stereocenters. The van der Waals surface area contributed by atoms with E-state index in [4.69, 9.17) is 21.4 Å².